The molecule has 1 aromatic heterocycles. The lowest BCUT2D eigenvalue weighted by molar-refractivity contribution is -0.138. The second kappa shape index (κ2) is 13.6. The van der Waals surface area contributed by atoms with Gasteiger partial charge in [0.1, 0.15) is 0 Å². The number of hydrogen-bond donors (Lipinski definition) is 1. The number of benzene rings is 2. The van der Waals surface area contributed by atoms with E-state index >= 15 is 0 Å². The molecule has 3 saturated heterocycles. The zero-order valence-corrected chi connectivity index (χ0v) is 25.5. The molecular weight excluding hydrogens is 552 g/mol. The Morgan fingerprint density at radius 2 is 1.18 bits per heavy atom. The molecule has 0 bridgehead atoms. The molecule has 6 rings (SSSR count). The molecule has 0 radical (unpaired) electrons. The first-order valence-electron chi connectivity index (χ1n) is 15.9. The van der Waals surface area contributed by atoms with Gasteiger partial charge in [-0.1, -0.05) is 60.7 Å². The summed E-state index contributed by atoms with van der Waals surface area (Å²) in [6, 6.07) is 24.3. The maximum atomic E-state index is 13.8. The Hall–Kier alpha value is -4.24. The summed E-state index contributed by atoms with van der Waals surface area (Å²) < 4.78 is 0. The number of urea groups is 1. The fourth-order valence-electron chi connectivity index (χ4n) is 6.84. The van der Waals surface area contributed by atoms with E-state index in [1.807, 2.05) is 82.6 Å². The molecule has 0 spiro atoms. The number of pyridine rings is 1. The van der Waals surface area contributed by atoms with Gasteiger partial charge in [-0.2, -0.15) is 0 Å². The van der Waals surface area contributed by atoms with Gasteiger partial charge in [0.25, 0.3) is 5.91 Å². The molecule has 0 aliphatic carbocycles. The smallest absolute Gasteiger partial charge is 0.317 e. The van der Waals surface area contributed by atoms with Crippen molar-refractivity contribution < 1.29 is 14.4 Å². The molecule has 0 saturated carbocycles. The van der Waals surface area contributed by atoms with E-state index in [4.69, 9.17) is 4.98 Å². The number of piperazine rings is 1. The number of rotatable bonds is 5. The van der Waals surface area contributed by atoms with Gasteiger partial charge in [-0.05, 0) is 37.8 Å². The van der Waals surface area contributed by atoms with Crippen LogP contribution >= 0.6 is 0 Å². The first-order valence-corrected chi connectivity index (χ1v) is 15.9. The minimum absolute atomic E-state index is 0.0139. The molecule has 44 heavy (non-hydrogen) atoms. The summed E-state index contributed by atoms with van der Waals surface area (Å²) in [4.78, 5) is 52.1. The van der Waals surface area contributed by atoms with E-state index in [-0.39, 0.29) is 23.8 Å². The summed E-state index contributed by atoms with van der Waals surface area (Å²) in [6.45, 7) is 5.87. The molecule has 230 valence electrons. The number of carbonyl (C=O) groups excluding carboxylic acids is 3. The fraction of sp³-hybridized carbons (Fsp3) is 0.429. The van der Waals surface area contributed by atoms with Gasteiger partial charge in [-0.3, -0.25) is 14.5 Å². The van der Waals surface area contributed by atoms with E-state index in [1.54, 1.807) is 11.9 Å². The monoisotopic (exact) mass is 594 g/mol. The maximum absolute atomic E-state index is 13.8. The third-order valence-electron chi connectivity index (χ3n) is 9.45. The highest BCUT2D eigenvalue weighted by Crippen LogP contribution is 2.27. The highest BCUT2D eigenvalue weighted by atomic mass is 16.2. The summed E-state index contributed by atoms with van der Waals surface area (Å²) in [7, 11) is 1.64. The lowest BCUT2D eigenvalue weighted by atomic mass is 9.93. The molecule has 0 atom stereocenters. The number of piperidine rings is 2. The molecule has 3 fully saturated rings. The molecule has 3 aromatic rings. The van der Waals surface area contributed by atoms with Gasteiger partial charge in [-0.25, -0.2) is 9.78 Å². The van der Waals surface area contributed by atoms with E-state index in [9.17, 15) is 14.4 Å². The number of hydrogen-bond acceptors (Lipinski definition) is 5. The fourth-order valence-corrected chi connectivity index (χ4v) is 6.84. The van der Waals surface area contributed by atoms with Gasteiger partial charge >= 0.3 is 6.03 Å². The number of carbonyl (C=O) groups is 3. The van der Waals surface area contributed by atoms with Gasteiger partial charge < -0.3 is 20.0 Å². The van der Waals surface area contributed by atoms with Crippen LogP contribution in [0.2, 0.25) is 0 Å². The van der Waals surface area contributed by atoms with Crippen LogP contribution in [0, 0.1) is 5.92 Å². The van der Waals surface area contributed by atoms with Crippen LogP contribution in [-0.4, -0.2) is 108 Å². The molecule has 2 aromatic carbocycles. The molecule has 3 aliphatic heterocycles. The molecule has 4 amide bonds. The molecular formula is C35H42N6O3. The summed E-state index contributed by atoms with van der Waals surface area (Å²) in [5, 5.41) is 2.67. The van der Waals surface area contributed by atoms with Gasteiger partial charge in [0.15, 0.2) is 0 Å². The van der Waals surface area contributed by atoms with Crippen molar-refractivity contribution >= 4 is 17.8 Å². The zero-order chi connectivity index (χ0) is 30.5. The first kappa shape index (κ1) is 29.8. The van der Waals surface area contributed by atoms with Crippen molar-refractivity contribution in [2.45, 2.75) is 31.7 Å². The Morgan fingerprint density at radius 1 is 0.659 bits per heavy atom. The lowest BCUT2D eigenvalue weighted by Gasteiger charge is -2.43. The standard InChI is InChI=1S/C35H42N6O3/c1-36-35(44)41-16-12-28(13-17-41)33(42)39-18-14-30(15-19-39)38-20-22-40(23-21-38)34(43)29-24-31(26-8-4-2-5-9-26)37-32(25-29)27-10-6-3-7-11-27/h2-11,24-25,28,30H,12-23H2,1H3,(H,36,44). The Balaban J connectivity index is 1.04. The van der Waals surface area contributed by atoms with E-state index in [0.29, 0.717) is 37.8 Å². The van der Waals surface area contributed by atoms with Gasteiger partial charge in [-0.15, -0.1) is 0 Å². The normalized spacial score (nSPS) is 18.7. The molecule has 1 N–H and O–H groups in total. The summed E-state index contributed by atoms with van der Waals surface area (Å²) in [5.74, 6) is 0.307. The maximum Gasteiger partial charge on any atom is 0.317 e. The molecule has 0 unspecified atom stereocenters. The lowest BCUT2D eigenvalue weighted by Crippen LogP contribution is -2.55. The van der Waals surface area contributed by atoms with Crippen molar-refractivity contribution in [2.75, 3.05) is 59.4 Å². The van der Waals surface area contributed by atoms with Crippen molar-refractivity contribution in [3.05, 3.63) is 78.4 Å². The Labute approximate surface area is 259 Å². The zero-order valence-electron chi connectivity index (χ0n) is 25.5. The molecule has 9 nitrogen and oxygen atoms in total. The Kier molecular flexibility index (Phi) is 9.21. The molecule has 4 heterocycles. The second-order valence-electron chi connectivity index (χ2n) is 12.1. The largest absolute Gasteiger partial charge is 0.342 e. The Bertz CT molecular complexity index is 1380. The Morgan fingerprint density at radius 3 is 1.70 bits per heavy atom. The SMILES string of the molecule is CNC(=O)N1CCC(C(=O)N2CCC(N3CCN(C(=O)c4cc(-c5ccccc5)nc(-c5ccccc5)c4)CC3)CC2)CC1. The highest BCUT2D eigenvalue weighted by Gasteiger charge is 2.34. The van der Waals surface area contributed by atoms with Crippen molar-refractivity contribution in [1.82, 2.24) is 29.9 Å². The minimum atomic E-state index is -0.0619. The topological polar surface area (TPSA) is 89.1 Å². The van der Waals surface area contributed by atoms with Crippen LogP contribution in [0.5, 0.6) is 0 Å². The van der Waals surface area contributed by atoms with Crippen LogP contribution < -0.4 is 5.32 Å². The summed E-state index contributed by atoms with van der Waals surface area (Å²) >= 11 is 0. The second-order valence-corrected chi connectivity index (χ2v) is 12.1. The van der Waals surface area contributed by atoms with Crippen molar-refractivity contribution in [1.29, 1.82) is 0 Å². The number of amides is 4. The number of nitrogens with one attached hydrogen (secondary N) is 1. The van der Waals surface area contributed by atoms with Gasteiger partial charge in [0.05, 0.1) is 11.4 Å². The van der Waals surface area contributed by atoms with E-state index in [0.717, 1.165) is 74.4 Å². The van der Waals surface area contributed by atoms with Crippen LogP contribution in [-0.2, 0) is 4.79 Å². The third kappa shape index (κ3) is 6.63. The summed E-state index contributed by atoms with van der Waals surface area (Å²) in [5.41, 5.74) is 4.24. The minimum Gasteiger partial charge on any atom is -0.342 e. The van der Waals surface area contributed by atoms with Crippen LogP contribution in [0.4, 0.5) is 4.79 Å². The van der Waals surface area contributed by atoms with Crippen LogP contribution in [0.1, 0.15) is 36.0 Å². The van der Waals surface area contributed by atoms with Crippen molar-refractivity contribution in [3.63, 3.8) is 0 Å². The van der Waals surface area contributed by atoms with E-state index in [2.05, 4.69) is 10.2 Å². The highest BCUT2D eigenvalue weighted by molar-refractivity contribution is 5.96. The van der Waals surface area contributed by atoms with Gasteiger partial charge in [0.2, 0.25) is 5.91 Å². The average Bonchev–Trinajstić information content (AvgIpc) is 3.11. The average molecular weight is 595 g/mol. The van der Waals surface area contributed by atoms with Crippen LogP contribution in [0.15, 0.2) is 72.8 Å². The van der Waals surface area contributed by atoms with Crippen LogP contribution in [0.25, 0.3) is 22.5 Å². The predicted octanol–water partition coefficient (Wildman–Crippen LogP) is 4.22. The van der Waals surface area contributed by atoms with E-state index in [1.165, 1.54) is 0 Å². The predicted molar refractivity (Wildman–Crippen MR) is 171 cm³/mol. The third-order valence-corrected chi connectivity index (χ3v) is 9.45. The summed E-state index contributed by atoms with van der Waals surface area (Å²) in [6.07, 6.45) is 3.39. The van der Waals surface area contributed by atoms with Crippen molar-refractivity contribution in [3.8, 4) is 22.5 Å². The van der Waals surface area contributed by atoms with Crippen molar-refractivity contribution in [2.24, 2.45) is 5.92 Å². The van der Waals surface area contributed by atoms with Gasteiger partial charge in [0, 0.05) is 88.1 Å². The first-order chi connectivity index (χ1) is 21.5. The molecule has 9 heteroatoms. The molecule has 3 aliphatic rings. The number of aromatic nitrogens is 1. The number of nitrogens with zero attached hydrogens (tertiary/aromatic N) is 5. The number of likely N-dealkylation sites (tertiary alicyclic amines) is 2. The van der Waals surface area contributed by atoms with E-state index < -0.39 is 0 Å². The quantitative estimate of drug-likeness (QED) is 0.478. The van der Waals surface area contributed by atoms with Crippen LogP contribution in [0.3, 0.4) is 0 Å².